The lowest BCUT2D eigenvalue weighted by Crippen LogP contribution is -2.12. The molecular weight excluding hydrogens is 315 g/mol. The molecule has 3 rings (SSSR count). The number of nitrogens with one attached hydrogen (secondary N) is 1. The molecule has 2 aromatic heterocycles. The Kier molecular flexibility index (Phi) is 4.91. The fourth-order valence-electron chi connectivity index (χ4n) is 2.90. The molecule has 0 radical (unpaired) electrons. The van der Waals surface area contributed by atoms with Gasteiger partial charge in [0.2, 0.25) is 5.95 Å². The summed E-state index contributed by atoms with van der Waals surface area (Å²) in [6, 6.07) is 3.16. The summed E-state index contributed by atoms with van der Waals surface area (Å²) < 4.78 is 13.4. The molecule has 25 heavy (non-hydrogen) atoms. The summed E-state index contributed by atoms with van der Waals surface area (Å²) in [6.07, 6.45) is 7.33. The SMILES string of the molecule is CN(C)Cc1c(C#CC2C=CC(N(C)C)=CC2)[nH]c2nc(F)ccc12. The van der Waals surface area contributed by atoms with E-state index >= 15 is 0 Å². The molecule has 1 N–H and O–H groups in total. The van der Waals surface area contributed by atoms with Crippen LogP contribution in [0.2, 0.25) is 0 Å². The lowest BCUT2D eigenvalue weighted by Gasteiger charge is -2.18. The summed E-state index contributed by atoms with van der Waals surface area (Å²) in [6.45, 7) is 0.725. The van der Waals surface area contributed by atoms with Crippen LogP contribution < -0.4 is 0 Å². The third-order valence-electron chi connectivity index (χ3n) is 4.19. The Morgan fingerprint density at radius 2 is 2.08 bits per heavy atom. The number of likely N-dealkylation sites (N-methyl/N-ethyl adjacent to an activating group) is 1. The van der Waals surface area contributed by atoms with Gasteiger partial charge in [-0.15, -0.1) is 0 Å². The number of rotatable bonds is 3. The van der Waals surface area contributed by atoms with Gasteiger partial charge in [0.25, 0.3) is 0 Å². The van der Waals surface area contributed by atoms with Crippen molar-refractivity contribution in [2.75, 3.05) is 28.2 Å². The van der Waals surface area contributed by atoms with Gasteiger partial charge in [0.15, 0.2) is 0 Å². The summed E-state index contributed by atoms with van der Waals surface area (Å²) >= 11 is 0. The van der Waals surface area contributed by atoms with Crippen molar-refractivity contribution in [2.24, 2.45) is 5.92 Å². The first kappa shape index (κ1) is 17.2. The minimum absolute atomic E-state index is 0.187. The number of H-pyrrole nitrogens is 1. The molecule has 0 amide bonds. The normalized spacial score (nSPS) is 16.7. The highest BCUT2D eigenvalue weighted by atomic mass is 19.1. The number of hydrogen-bond acceptors (Lipinski definition) is 3. The van der Waals surface area contributed by atoms with Crippen LogP contribution in [0.15, 0.2) is 36.1 Å². The maximum atomic E-state index is 13.4. The number of allylic oxidation sites excluding steroid dienone is 3. The predicted molar refractivity (Wildman–Crippen MR) is 99.3 cm³/mol. The second-order valence-corrected chi connectivity index (χ2v) is 6.74. The zero-order chi connectivity index (χ0) is 18.0. The summed E-state index contributed by atoms with van der Waals surface area (Å²) in [5.41, 5.74) is 3.63. The zero-order valence-corrected chi connectivity index (χ0v) is 15.1. The van der Waals surface area contributed by atoms with Gasteiger partial charge in [-0.3, -0.25) is 0 Å². The molecule has 1 atom stereocenters. The molecular formula is C20H23FN4. The Morgan fingerprint density at radius 1 is 1.28 bits per heavy atom. The van der Waals surface area contributed by atoms with Crippen molar-refractivity contribution in [3.05, 3.63) is 53.3 Å². The van der Waals surface area contributed by atoms with Crippen LogP contribution in [0.25, 0.3) is 11.0 Å². The Hall–Kier alpha value is -2.58. The van der Waals surface area contributed by atoms with Gasteiger partial charge in [-0.25, -0.2) is 4.98 Å². The molecule has 4 nitrogen and oxygen atoms in total. The van der Waals surface area contributed by atoms with Gasteiger partial charge in [-0.05, 0) is 44.6 Å². The minimum atomic E-state index is -0.485. The highest BCUT2D eigenvalue weighted by Crippen LogP contribution is 2.23. The molecule has 0 fully saturated rings. The van der Waals surface area contributed by atoms with E-state index in [1.165, 1.54) is 11.8 Å². The summed E-state index contributed by atoms with van der Waals surface area (Å²) in [5, 5.41) is 0.924. The average molecular weight is 338 g/mol. The lowest BCUT2D eigenvalue weighted by molar-refractivity contribution is 0.403. The van der Waals surface area contributed by atoms with Crippen molar-refractivity contribution < 1.29 is 4.39 Å². The van der Waals surface area contributed by atoms with Crippen molar-refractivity contribution in [1.29, 1.82) is 0 Å². The standard InChI is InChI=1S/C20H23FN4/c1-24(2)13-17-16-10-12-19(21)23-20(16)22-18(17)11-7-14-5-8-15(9-6-14)25(3)4/h5,8-10,12,14H,6,13H2,1-4H3,(H,22,23). The van der Waals surface area contributed by atoms with E-state index in [0.29, 0.717) is 5.65 Å². The van der Waals surface area contributed by atoms with E-state index in [9.17, 15) is 4.39 Å². The monoisotopic (exact) mass is 338 g/mol. The maximum absolute atomic E-state index is 13.4. The van der Waals surface area contributed by atoms with E-state index in [1.807, 2.05) is 28.2 Å². The first-order valence-electron chi connectivity index (χ1n) is 8.33. The van der Waals surface area contributed by atoms with Crippen LogP contribution >= 0.6 is 0 Å². The first-order chi connectivity index (χ1) is 11.9. The van der Waals surface area contributed by atoms with E-state index in [0.717, 1.165) is 29.6 Å². The van der Waals surface area contributed by atoms with Crippen molar-refractivity contribution in [1.82, 2.24) is 19.8 Å². The molecule has 0 saturated heterocycles. The van der Waals surface area contributed by atoms with Crippen LogP contribution in [-0.4, -0.2) is 48.0 Å². The van der Waals surface area contributed by atoms with Crippen LogP contribution in [0.4, 0.5) is 4.39 Å². The summed E-state index contributed by atoms with van der Waals surface area (Å²) in [5.74, 6) is 6.27. The number of hydrogen-bond donors (Lipinski definition) is 1. The molecule has 0 bridgehead atoms. The molecule has 1 aliphatic rings. The largest absolute Gasteiger partial charge is 0.378 e. The van der Waals surface area contributed by atoms with Crippen molar-refractivity contribution >= 4 is 11.0 Å². The zero-order valence-electron chi connectivity index (χ0n) is 15.1. The quantitative estimate of drug-likeness (QED) is 0.690. The average Bonchev–Trinajstić information content (AvgIpc) is 2.89. The number of nitrogens with zero attached hydrogens (tertiary/aromatic N) is 3. The van der Waals surface area contributed by atoms with Crippen LogP contribution in [0, 0.1) is 23.7 Å². The van der Waals surface area contributed by atoms with Crippen LogP contribution in [-0.2, 0) is 6.54 Å². The summed E-state index contributed by atoms with van der Waals surface area (Å²) in [4.78, 5) is 11.3. The lowest BCUT2D eigenvalue weighted by atomic mass is 9.99. The Labute approximate surface area is 148 Å². The molecule has 0 saturated carbocycles. The Morgan fingerprint density at radius 3 is 2.72 bits per heavy atom. The van der Waals surface area contributed by atoms with Crippen LogP contribution in [0.5, 0.6) is 0 Å². The second kappa shape index (κ2) is 7.12. The van der Waals surface area contributed by atoms with Crippen molar-refractivity contribution in [3.8, 4) is 11.8 Å². The van der Waals surface area contributed by atoms with E-state index in [1.54, 1.807) is 6.07 Å². The number of fused-ring (bicyclic) bond motifs is 1. The van der Waals surface area contributed by atoms with E-state index in [2.05, 4.69) is 49.8 Å². The third-order valence-corrected chi connectivity index (χ3v) is 4.19. The molecule has 0 aliphatic heterocycles. The van der Waals surface area contributed by atoms with Gasteiger partial charge in [-0.2, -0.15) is 4.39 Å². The third kappa shape index (κ3) is 3.92. The summed E-state index contributed by atoms with van der Waals surface area (Å²) in [7, 11) is 8.08. The first-order valence-corrected chi connectivity index (χ1v) is 8.33. The van der Waals surface area contributed by atoms with Gasteiger partial charge < -0.3 is 14.8 Å². The predicted octanol–water partition coefficient (Wildman–Crippen LogP) is 3.14. The minimum Gasteiger partial charge on any atom is -0.378 e. The van der Waals surface area contributed by atoms with Gasteiger partial charge >= 0.3 is 0 Å². The van der Waals surface area contributed by atoms with E-state index < -0.39 is 5.95 Å². The fourth-order valence-corrected chi connectivity index (χ4v) is 2.90. The Bertz CT molecular complexity index is 894. The smallest absolute Gasteiger partial charge is 0.214 e. The molecule has 5 heteroatoms. The van der Waals surface area contributed by atoms with Crippen molar-refractivity contribution in [3.63, 3.8) is 0 Å². The molecule has 130 valence electrons. The van der Waals surface area contributed by atoms with Gasteiger partial charge in [0.1, 0.15) is 5.65 Å². The molecule has 0 spiro atoms. The molecule has 2 aromatic rings. The van der Waals surface area contributed by atoms with E-state index in [-0.39, 0.29) is 5.92 Å². The highest BCUT2D eigenvalue weighted by molar-refractivity contribution is 5.82. The van der Waals surface area contributed by atoms with Crippen molar-refractivity contribution in [2.45, 2.75) is 13.0 Å². The van der Waals surface area contributed by atoms with Crippen LogP contribution in [0.3, 0.4) is 0 Å². The van der Waals surface area contributed by atoms with Gasteiger partial charge in [0, 0.05) is 43.2 Å². The second-order valence-electron chi connectivity index (χ2n) is 6.74. The Balaban J connectivity index is 1.91. The van der Waals surface area contributed by atoms with E-state index in [4.69, 9.17) is 0 Å². The number of aromatic amines is 1. The molecule has 1 aliphatic carbocycles. The topological polar surface area (TPSA) is 35.2 Å². The maximum Gasteiger partial charge on any atom is 0.214 e. The number of halogens is 1. The fraction of sp³-hybridized carbons (Fsp3) is 0.350. The molecule has 0 aromatic carbocycles. The molecule has 1 unspecified atom stereocenters. The van der Waals surface area contributed by atoms with Gasteiger partial charge in [-0.1, -0.05) is 18.1 Å². The van der Waals surface area contributed by atoms with Gasteiger partial charge in [0.05, 0.1) is 5.69 Å². The molecule has 2 heterocycles. The number of pyridine rings is 1. The number of aromatic nitrogens is 2. The highest BCUT2D eigenvalue weighted by Gasteiger charge is 2.13. The van der Waals surface area contributed by atoms with Crippen LogP contribution in [0.1, 0.15) is 17.7 Å².